The summed E-state index contributed by atoms with van der Waals surface area (Å²) in [6, 6.07) is -0.0783. The summed E-state index contributed by atoms with van der Waals surface area (Å²) in [5.41, 5.74) is -4.12. The number of cyclic esters (lactones) is 1. The maximum atomic E-state index is 14.7. The molecule has 3 N–H and O–H groups in total. The molecule has 3 heterocycles. The molecule has 3 rings (SSSR count). The van der Waals surface area contributed by atoms with E-state index in [0.717, 1.165) is 0 Å². The summed E-state index contributed by atoms with van der Waals surface area (Å²) >= 11 is 0. The molecule has 16 nitrogen and oxygen atoms in total. The summed E-state index contributed by atoms with van der Waals surface area (Å²) in [6.45, 7) is 34.2. The summed E-state index contributed by atoms with van der Waals surface area (Å²) in [4.78, 5) is 22.8. The van der Waals surface area contributed by atoms with Crippen LogP contribution in [0.5, 0.6) is 0 Å². The van der Waals surface area contributed by atoms with Gasteiger partial charge < -0.3 is 67.1 Å². The molecular weight excluding hydrogens is 873 g/mol. The molecule has 0 unspecified atom stereocenters. The quantitative estimate of drug-likeness (QED) is 0.0724. The summed E-state index contributed by atoms with van der Waals surface area (Å²) < 4.78 is 59.1. The first-order valence-electron chi connectivity index (χ1n) is 23.9. The van der Waals surface area contributed by atoms with Crippen LogP contribution in [0, 0.1) is 23.7 Å². The fourth-order valence-corrected chi connectivity index (χ4v) is 12.2. The SMILES string of the molecule is CC[C@H]1OC(=O)[C@H](C)[C@@H](O[C@H]2C[C@@](C)(OC)[C@@H](O[Si](C)(C)C)[C@H](C)O2)[C@H](C)[C@@H](O[C@@H]2O[C@H](C)C[C@H](N(C)C)[C@@H]2O[Si](C)(C)C)[C@](C)(O)C[C@@H](C)/C(=N/OC(C)(C)OC)[C@H](C)[C@@H](O)[C@]1(C)O. The lowest BCUT2D eigenvalue weighted by atomic mass is 9.73. The molecular formula is C47H92N2O14Si2. The third kappa shape index (κ3) is 15.0. The van der Waals surface area contributed by atoms with Gasteiger partial charge in [0.1, 0.15) is 17.8 Å². The fourth-order valence-electron chi connectivity index (χ4n) is 9.90. The van der Waals surface area contributed by atoms with Gasteiger partial charge in [-0.25, -0.2) is 0 Å². The second kappa shape index (κ2) is 22.3. The third-order valence-electron chi connectivity index (χ3n) is 13.6. The number of likely N-dealkylation sites (N-methyl/N-ethyl adjacent to an activating group) is 1. The number of carbonyl (C=O) groups is 1. The van der Waals surface area contributed by atoms with Crippen molar-refractivity contribution in [3.63, 3.8) is 0 Å². The minimum absolute atomic E-state index is 0.0346. The Labute approximate surface area is 394 Å². The van der Waals surface area contributed by atoms with E-state index in [1.165, 1.54) is 14.0 Å². The Morgan fingerprint density at radius 3 is 1.94 bits per heavy atom. The molecule has 0 amide bonds. The van der Waals surface area contributed by atoms with Crippen molar-refractivity contribution in [3.05, 3.63) is 0 Å². The number of esters is 1. The minimum atomic E-state index is -2.22. The molecule has 3 aliphatic rings. The van der Waals surface area contributed by atoms with E-state index >= 15 is 0 Å². The Hall–Kier alpha value is -1.11. The third-order valence-corrected chi connectivity index (χ3v) is 15.6. The predicted molar refractivity (Wildman–Crippen MR) is 255 cm³/mol. The fraction of sp³-hybridized carbons (Fsp3) is 0.957. The van der Waals surface area contributed by atoms with E-state index in [4.69, 9.17) is 46.8 Å². The van der Waals surface area contributed by atoms with E-state index in [1.54, 1.807) is 48.7 Å². The molecule has 0 bridgehead atoms. The maximum Gasteiger partial charge on any atom is 0.311 e. The Balaban J connectivity index is 2.35. The van der Waals surface area contributed by atoms with E-state index in [1.807, 2.05) is 48.7 Å². The van der Waals surface area contributed by atoms with Crippen LogP contribution in [-0.2, 0) is 51.6 Å². The second-order valence-corrected chi connectivity index (χ2v) is 31.6. The average Bonchev–Trinajstić information content (AvgIpc) is 3.17. The normalized spacial score (nSPS) is 43.0. The Morgan fingerprint density at radius 1 is 0.846 bits per heavy atom. The van der Waals surface area contributed by atoms with Gasteiger partial charge in [0.15, 0.2) is 29.2 Å². The average molecular weight is 965 g/mol. The van der Waals surface area contributed by atoms with Crippen LogP contribution in [0.25, 0.3) is 0 Å². The number of hydrogen-bond acceptors (Lipinski definition) is 16. The number of rotatable bonds is 14. The highest BCUT2D eigenvalue weighted by Gasteiger charge is 2.55. The molecule has 18 atom stereocenters. The summed E-state index contributed by atoms with van der Waals surface area (Å²) in [5.74, 6) is -5.02. The smallest absolute Gasteiger partial charge is 0.311 e. The number of oxime groups is 1. The van der Waals surface area contributed by atoms with E-state index in [2.05, 4.69) is 49.3 Å². The lowest BCUT2D eigenvalue weighted by molar-refractivity contribution is -0.315. The standard InChI is InChI=1S/C47H92N2O14Si2/c1-23-34-47(12,53)39(50)29(4)36(48-63-44(8,9)54-15)27(2)25-45(10,52)40(60-43-38(61-64(17,18)19)33(49(13)14)24-28(3)56-43)30(5)37(31(6)42(51)58-34)59-35-26-46(11,55-16)41(32(7)57-35)62-65(20,21)22/h27-35,37-41,43,50,52-53H,23-26H2,1-22H3/b48-36-/t27-,28-,29+,30+,31-,32+,33+,34-,35+,37+,38+,39-,40-,41+,43+,45-,46-,47-/m1/s1. The molecule has 0 spiro atoms. The Morgan fingerprint density at radius 2 is 1.43 bits per heavy atom. The molecule has 65 heavy (non-hydrogen) atoms. The van der Waals surface area contributed by atoms with Crippen LogP contribution in [0.2, 0.25) is 39.3 Å². The highest BCUT2D eigenvalue weighted by molar-refractivity contribution is 6.70. The molecule has 382 valence electrons. The van der Waals surface area contributed by atoms with Crippen LogP contribution in [0.4, 0.5) is 0 Å². The molecule has 0 aromatic rings. The van der Waals surface area contributed by atoms with Gasteiger partial charge >= 0.3 is 5.97 Å². The topological polar surface area (TPSA) is 186 Å². The highest BCUT2D eigenvalue weighted by atomic mass is 28.4. The van der Waals surface area contributed by atoms with Crippen LogP contribution in [0.3, 0.4) is 0 Å². The number of ether oxygens (including phenoxy) is 7. The number of methoxy groups -OCH3 is 2. The zero-order valence-corrected chi connectivity index (χ0v) is 46.2. The first-order valence-corrected chi connectivity index (χ1v) is 30.7. The zero-order chi connectivity index (χ0) is 50.0. The number of hydrogen-bond donors (Lipinski definition) is 3. The molecule has 18 heteroatoms. The molecule has 0 aromatic heterocycles. The maximum absolute atomic E-state index is 14.7. The van der Waals surface area contributed by atoms with Gasteiger partial charge in [-0.05, 0) is 114 Å². The second-order valence-electron chi connectivity index (χ2n) is 22.7. The van der Waals surface area contributed by atoms with E-state index in [-0.39, 0.29) is 31.4 Å². The van der Waals surface area contributed by atoms with Crippen LogP contribution >= 0.6 is 0 Å². The van der Waals surface area contributed by atoms with Crippen LogP contribution < -0.4 is 0 Å². The molecule has 3 fully saturated rings. The van der Waals surface area contributed by atoms with Crippen molar-refractivity contribution < 1.29 is 67.0 Å². The van der Waals surface area contributed by atoms with Gasteiger partial charge in [0.05, 0.1) is 59.5 Å². The lowest BCUT2D eigenvalue weighted by Crippen LogP contribution is -2.62. The van der Waals surface area contributed by atoms with Crippen molar-refractivity contribution in [2.24, 2.45) is 28.8 Å². The van der Waals surface area contributed by atoms with Crippen LogP contribution in [-0.4, -0.2) is 167 Å². The van der Waals surface area contributed by atoms with Gasteiger partial charge in [-0.3, -0.25) is 4.79 Å². The van der Waals surface area contributed by atoms with E-state index < -0.39 is 124 Å². The van der Waals surface area contributed by atoms with E-state index in [0.29, 0.717) is 12.1 Å². The summed E-state index contributed by atoms with van der Waals surface area (Å²) in [7, 11) is 2.90. The Bertz CT molecular complexity index is 1550. The first kappa shape index (κ1) is 58.2. The predicted octanol–water partition coefficient (Wildman–Crippen LogP) is 6.69. The monoisotopic (exact) mass is 965 g/mol. The minimum Gasteiger partial charge on any atom is -0.459 e. The molecule has 3 aliphatic heterocycles. The van der Waals surface area contributed by atoms with Gasteiger partial charge in [0, 0.05) is 58.3 Å². The van der Waals surface area contributed by atoms with Crippen LogP contribution in [0.15, 0.2) is 5.16 Å². The van der Waals surface area contributed by atoms with Crippen molar-refractivity contribution in [1.82, 2.24) is 4.90 Å². The zero-order valence-electron chi connectivity index (χ0n) is 44.2. The summed E-state index contributed by atoms with van der Waals surface area (Å²) in [5, 5.41) is 42.0. The highest BCUT2D eigenvalue weighted by Crippen LogP contribution is 2.42. The first-order chi connectivity index (χ1) is 29.5. The number of nitrogens with zero attached hydrogens (tertiary/aromatic N) is 2. The largest absolute Gasteiger partial charge is 0.459 e. The molecule has 0 aliphatic carbocycles. The van der Waals surface area contributed by atoms with Crippen molar-refractivity contribution in [3.8, 4) is 0 Å². The molecule has 0 aromatic carbocycles. The van der Waals surface area contributed by atoms with Gasteiger partial charge in [0.25, 0.3) is 0 Å². The van der Waals surface area contributed by atoms with Gasteiger partial charge in [-0.15, -0.1) is 0 Å². The summed E-state index contributed by atoms with van der Waals surface area (Å²) in [6.07, 6.45) is -6.97. The Kier molecular flexibility index (Phi) is 20.0. The van der Waals surface area contributed by atoms with Gasteiger partial charge in [-0.1, -0.05) is 32.9 Å². The molecule has 0 saturated carbocycles. The van der Waals surface area contributed by atoms with E-state index in [9.17, 15) is 20.1 Å². The number of aliphatic hydroxyl groups excluding tert-OH is 1. The number of carbonyl (C=O) groups excluding carboxylic acids is 1. The van der Waals surface area contributed by atoms with Gasteiger partial charge in [-0.2, -0.15) is 0 Å². The lowest BCUT2D eigenvalue weighted by Gasteiger charge is -2.51. The van der Waals surface area contributed by atoms with Crippen molar-refractivity contribution in [2.45, 2.75) is 238 Å². The van der Waals surface area contributed by atoms with Gasteiger partial charge in [0.2, 0.25) is 5.79 Å². The molecule has 3 saturated heterocycles. The molecule has 0 radical (unpaired) electrons. The van der Waals surface area contributed by atoms with Crippen molar-refractivity contribution in [2.75, 3.05) is 28.3 Å². The van der Waals surface area contributed by atoms with Crippen molar-refractivity contribution in [1.29, 1.82) is 0 Å². The van der Waals surface area contributed by atoms with Crippen molar-refractivity contribution >= 4 is 28.3 Å². The van der Waals surface area contributed by atoms with Crippen LogP contribution in [0.1, 0.15) is 109 Å². The number of aliphatic hydroxyl groups is 3.